The summed E-state index contributed by atoms with van der Waals surface area (Å²) in [5.74, 6) is 0.167. The van der Waals surface area contributed by atoms with Gasteiger partial charge in [-0.2, -0.15) is 13.2 Å². The molecule has 1 aliphatic rings. The zero-order chi connectivity index (χ0) is 15.6. The fourth-order valence-corrected chi connectivity index (χ4v) is 2.76. The molecule has 4 nitrogen and oxygen atoms in total. The number of hydrogen-bond acceptors (Lipinski definition) is 4. The van der Waals surface area contributed by atoms with Crippen molar-refractivity contribution < 1.29 is 13.2 Å². The fourth-order valence-electron chi connectivity index (χ4n) is 2.76. The molecule has 1 aromatic rings. The maximum atomic E-state index is 12.8. The van der Waals surface area contributed by atoms with Crippen LogP contribution in [0.4, 0.5) is 24.8 Å². The minimum Gasteiger partial charge on any atom is -0.384 e. The Morgan fingerprint density at radius 1 is 1.24 bits per heavy atom. The lowest BCUT2D eigenvalue weighted by atomic mass is 9.89. The van der Waals surface area contributed by atoms with Gasteiger partial charge in [-0.15, -0.1) is 0 Å². The van der Waals surface area contributed by atoms with Gasteiger partial charge in [0.15, 0.2) is 0 Å². The summed E-state index contributed by atoms with van der Waals surface area (Å²) in [6.45, 7) is 5.78. The minimum atomic E-state index is -4.57. The molecule has 0 amide bonds. The van der Waals surface area contributed by atoms with Crippen molar-refractivity contribution >= 4 is 11.6 Å². The number of aromatic nitrogens is 2. The van der Waals surface area contributed by atoms with E-state index in [1.807, 2.05) is 4.90 Å². The van der Waals surface area contributed by atoms with Crippen molar-refractivity contribution in [2.24, 2.45) is 11.8 Å². The van der Waals surface area contributed by atoms with Crippen molar-refractivity contribution in [2.75, 3.05) is 23.7 Å². The van der Waals surface area contributed by atoms with Gasteiger partial charge in [-0.1, -0.05) is 13.8 Å². The quantitative estimate of drug-likeness (QED) is 0.910. The molecule has 0 radical (unpaired) electrons. The Hall–Kier alpha value is -1.53. The molecule has 0 aliphatic carbocycles. The normalized spacial score (nSPS) is 20.7. The zero-order valence-electron chi connectivity index (χ0n) is 12.3. The highest BCUT2D eigenvalue weighted by molar-refractivity contribution is 5.47. The maximum Gasteiger partial charge on any atom is 0.451 e. The molecule has 1 unspecified atom stereocenters. The Morgan fingerprint density at radius 3 is 2.57 bits per heavy atom. The SMILES string of the molecule is CC(C)C1CCCN(c2cc(N)nc(C(F)(F)F)n2)CC1. The molecule has 0 saturated carbocycles. The van der Waals surface area contributed by atoms with E-state index in [-0.39, 0.29) is 11.6 Å². The largest absolute Gasteiger partial charge is 0.451 e. The molecule has 1 aromatic heterocycles. The van der Waals surface area contributed by atoms with Gasteiger partial charge in [-0.3, -0.25) is 0 Å². The average Bonchev–Trinajstić information content (AvgIpc) is 2.62. The van der Waals surface area contributed by atoms with Gasteiger partial charge < -0.3 is 10.6 Å². The number of rotatable bonds is 2. The molecule has 2 rings (SSSR count). The fraction of sp³-hybridized carbons (Fsp3) is 0.714. The van der Waals surface area contributed by atoms with Crippen LogP contribution < -0.4 is 10.6 Å². The van der Waals surface area contributed by atoms with Crippen molar-refractivity contribution in [1.29, 1.82) is 0 Å². The molecule has 1 aliphatic heterocycles. The van der Waals surface area contributed by atoms with Crippen LogP contribution in [0.5, 0.6) is 0 Å². The van der Waals surface area contributed by atoms with Gasteiger partial charge in [0.25, 0.3) is 0 Å². The highest BCUT2D eigenvalue weighted by atomic mass is 19.4. The van der Waals surface area contributed by atoms with Crippen LogP contribution in [0.15, 0.2) is 6.07 Å². The number of halogens is 3. The summed E-state index contributed by atoms with van der Waals surface area (Å²) in [5.41, 5.74) is 5.50. The number of nitrogens with zero attached hydrogens (tertiary/aromatic N) is 3. The lowest BCUT2D eigenvalue weighted by molar-refractivity contribution is -0.144. The minimum absolute atomic E-state index is 0.142. The molecule has 118 valence electrons. The highest BCUT2D eigenvalue weighted by Gasteiger charge is 2.36. The summed E-state index contributed by atoms with van der Waals surface area (Å²) in [7, 11) is 0. The summed E-state index contributed by atoms with van der Waals surface area (Å²) in [6.07, 6.45) is -1.56. The Labute approximate surface area is 122 Å². The van der Waals surface area contributed by atoms with Gasteiger partial charge in [0, 0.05) is 19.2 Å². The average molecular weight is 302 g/mol. The van der Waals surface area contributed by atoms with Gasteiger partial charge >= 0.3 is 6.18 Å². The van der Waals surface area contributed by atoms with E-state index in [0.717, 1.165) is 19.3 Å². The zero-order valence-corrected chi connectivity index (χ0v) is 12.3. The first kappa shape index (κ1) is 15.9. The second-order valence-electron chi connectivity index (χ2n) is 5.89. The van der Waals surface area contributed by atoms with E-state index in [9.17, 15) is 13.2 Å². The van der Waals surface area contributed by atoms with E-state index in [1.54, 1.807) is 0 Å². The molecule has 2 heterocycles. The Morgan fingerprint density at radius 2 is 1.95 bits per heavy atom. The Kier molecular flexibility index (Phi) is 4.58. The van der Waals surface area contributed by atoms with Crippen molar-refractivity contribution in [3.05, 3.63) is 11.9 Å². The van der Waals surface area contributed by atoms with E-state index in [4.69, 9.17) is 5.73 Å². The van der Waals surface area contributed by atoms with Gasteiger partial charge in [0.1, 0.15) is 11.6 Å². The number of anilines is 2. The third-order valence-electron chi connectivity index (χ3n) is 4.03. The highest BCUT2D eigenvalue weighted by Crippen LogP contribution is 2.30. The van der Waals surface area contributed by atoms with E-state index in [0.29, 0.717) is 24.9 Å². The van der Waals surface area contributed by atoms with Crippen LogP contribution in [-0.2, 0) is 6.18 Å². The van der Waals surface area contributed by atoms with Crippen LogP contribution in [0, 0.1) is 11.8 Å². The van der Waals surface area contributed by atoms with E-state index < -0.39 is 12.0 Å². The molecule has 1 atom stereocenters. The number of hydrogen-bond donors (Lipinski definition) is 1. The maximum absolute atomic E-state index is 12.8. The van der Waals surface area contributed by atoms with Gasteiger partial charge in [0.05, 0.1) is 0 Å². The Balaban J connectivity index is 2.20. The topological polar surface area (TPSA) is 55.0 Å². The van der Waals surface area contributed by atoms with Crippen LogP contribution in [-0.4, -0.2) is 23.1 Å². The van der Waals surface area contributed by atoms with Crippen molar-refractivity contribution in [2.45, 2.75) is 39.3 Å². The number of nitrogens with two attached hydrogens (primary N) is 1. The summed E-state index contributed by atoms with van der Waals surface area (Å²) in [6, 6.07) is 1.42. The number of nitrogen functional groups attached to an aromatic ring is 1. The molecule has 1 fully saturated rings. The van der Waals surface area contributed by atoms with Gasteiger partial charge in [-0.05, 0) is 31.1 Å². The van der Waals surface area contributed by atoms with Crippen LogP contribution in [0.25, 0.3) is 0 Å². The first-order valence-corrected chi connectivity index (χ1v) is 7.24. The summed E-state index contributed by atoms with van der Waals surface area (Å²) >= 11 is 0. The van der Waals surface area contributed by atoms with Gasteiger partial charge in [-0.25, -0.2) is 9.97 Å². The molecule has 0 bridgehead atoms. The van der Waals surface area contributed by atoms with Gasteiger partial charge in [0.2, 0.25) is 5.82 Å². The monoisotopic (exact) mass is 302 g/mol. The van der Waals surface area contributed by atoms with Crippen LogP contribution in [0.2, 0.25) is 0 Å². The Bertz CT molecular complexity index is 488. The smallest absolute Gasteiger partial charge is 0.384 e. The summed E-state index contributed by atoms with van der Waals surface area (Å²) in [5, 5.41) is 0. The van der Waals surface area contributed by atoms with Crippen LogP contribution in [0.3, 0.4) is 0 Å². The molecule has 1 saturated heterocycles. The third kappa shape index (κ3) is 3.98. The lowest BCUT2D eigenvalue weighted by Gasteiger charge is -2.23. The third-order valence-corrected chi connectivity index (χ3v) is 4.03. The first-order chi connectivity index (χ1) is 9.77. The predicted octanol–water partition coefficient (Wildman–Crippen LogP) is 3.34. The van der Waals surface area contributed by atoms with Crippen molar-refractivity contribution in [1.82, 2.24) is 9.97 Å². The molecule has 21 heavy (non-hydrogen) atoms. The molecule has 2 N–H and O–H groups in total. The summed E-state index contributed by atoms with van der Waals surface area (Å²) < 4.78 is 38.3. The van der Waals surface area contributed by atoms with Crippen LogP contribution >= 0.6 is 0 Å². The summed E-state index contributed by atoms with van der Waals surface area (Å²) in [4.78, 5) is 8.82. The molecule has 7 heteroatoms. The second kappa shape index (κ2) is 6.07. The standard InChI is InChI=1S/C14H21F3N4/c1-9(2)10-4-3-6-21(7-5-10)12-8-11(18)19-13(20-12)14(15,16)17/h8-10H,3-7H2,1-2H3,(H2,18,19,20). The molecular weight excluding hydrogens is 281 g/mol. The molecule has 0 spiro atoms. The first-order valence-electron chi connectivity index (χ1n) is 7.24. The second-order valence-corrected chi connectivity index (χ2v) is 5.89. The lowest BCUT2D eigenvalue weighted by Crippen LogP contribution is -2.27. The predicted molar refractivity (Wildman–Crippen MR) is 75.8 cm³/mol. The van der Waals surface area contributed by atoms with Crippen molar-refractivity contribution in [3.63, 3.8) is 0 Å². The van der Waals surface area contributed by atoms with Crippen LogP contribution in [0.1, 0.15) is 38.9 Å². The molecular formula is C14H21F3N4. The van der Waals surface area contributed by atoms with E-state index >= 15 is 0 Å². The number of alkyl halides is 3. The van der Waals surface area contributed by atoms with Crippen molar-refractivity contribution in [3.8, 4) is 0 Å². The molecule has 0 aromatic carbocycles. The van der Waals surface area contributed by atoms with E-state index in [2.05, 4.69) is 23.8 Å². The van der Waals surface area contributed by atoms with E-state index in [1.165, 1.54) is 6.07 Å².